The van der Waals surface area contributed by atoms with Crippen LogP contribution in [0.4, 0.5) is 9.18 Å². The minimum Gasteiger partial charge on any atom is -0.471 e. The Labute approximate surface area is 173 Å². The molecule has 30 heavy (non-hydrogen) atoms. The molecule has 2 aromatic rings. The minimum absolute atomic E-state index is 0.0138. The van der Waals surface area contributed by atoms with Crippen LogP contribution in [0.3, 0.4) is 0 Å². The summed E-state index contributed by atoms with van der Waals surface area (Å²) < 4.78 is 25.7. The number of nitrogens with two attached hydrogens (primary N) is 1. The van der Waals surface area contributed by atoms with Crippen molar-refractivity contribution in [1.29, 1.82) is 0 Å². The lowest BCUT2D eigenvalue weighted by molar-refractivity contribution is -0.0115. The highest BCUT2D eigenvalue weighted by atomic mass is 19.1. The zero-order valence-electron chi connectivity index (χ0n) is 17.3. The number of likely N-dealkylation sites (tertiary alicyclic amines) is 1. The third kappa shape index (κ3) is 5.02. The van der Waals surface area contributed by atoms with Crippen molar-refractivity contribution >= 4 is 12.0 Å². The van der Waals surface area contributed by atoms with E-state index in [0.717, 1.165) is 0 Å². The maximum Gasteiger partial charge on any atom is 0.410 e. The Bertz CT molecular complexity index is 941. The molecular formula is C19H25FN6O4. The molecule has 0 radical (unpaired) electrons. The number of nitrogens with zero attached hydrogens (tertiary/aromatic N) is 5. The van der Waals surface area contributed by atoms with E-state index >= 15 is 0 Å². The summed E-state index contributed by atoms with van der Waals surface area (Å²) in [6, 6.07) is 1.48. The molecule has 0 bridgehead atoms. The predicted molar refractivity (Wildman–Crippen MR) is 104 cm³/mol. The second-order valence-corrected chi connectivity index (χ2v) is 8.05. The lowest BCUT2D eigenvalue weighted by atomic mass is 10.1. The van der Waals surface area contributed by atoms with Gasteiger partial charge in [-0.3, -0.25) is 4.79 Å². The Kier molecular flexibility index (Phi) is 5.90. The first kappa shape index (κ1) is 21.5. The third-order valence-electron chi connectivity index (χ3n) is 4.41. The summed E-state index contributed by atoms with van der Waals surface area (Å²) in [4.78, 5) is 30.9. The fourth-order valence-electron chi connectivity index (χ4n) is 2.99. The number of primary amides is 1. The standard InChI is InChI=1S/C19H25FN6O4/c1-19(2,3)30-18(28)26-6-5-15(13(20)10-26)29-17-12(16(21)27)7-11(8-22-17)14-9-23-25(4)24-14/h7-9,13,15H,5-6,10H2,1-4H3,(H2,21,27)/t13-,15+/m0/s1. The number of aryl methyl sites for hydroxylation is 1. The number of carbonyl (C=O) groups is 2. The van der Waals surface area contributed by atoms with E-state index in [1.54, 1.807) is 27.8 Å². The van der Waals surface area contributed by atoms with Crippen LogP contribution in [0.25, 0.3) is 11.3 Å². The van der Waals surface area contributed by atoms with Gasteiger partial charge >= 0.3 is 6.09 Å². The van der Waals surface area contributed by atoms with Crippen LogP contribution in [0.2, 0.25) is 0 Å². The average Bonchev–Trinajstić information content (AvgIpc) is 3.08. The van der Waals surface area contributed by atoms with Gasteiger partial charge in [-0.15, -0.1) is 0 Å². The van der Waals surface area contributed by atoms with Gasteiger partial charge in [-0.25, -0.2) is 14.2 Å². The smallest absolute Gasteiger partial charge is 0.410 e. The fourth-order valence-corrected chi connectivity index (χ4v) is 2.99. The number of halogens is 1. The summed E-state index contributed by atoms with van der Waals surface area (Å²) in [5.74, 6) is -0.821. The third-order valence-corrected chi connectivity index (χ3v) is 4.41. The monoisotopic (exact) mass is 420 g/mol. The van der Waals surface area contributed by atoms with Crippen molar-refractivity contribution in [2.24, 2.45) is 12.8 Å². The minimum atomic E-state index is -1.48. The van der Waals surface area contributed by atoms with Crippen molar-refractivity contribution in [1.82, 2.24) is 24.9 Å². The van der Waals surface area contributed by atoms with Crippen molar-refractivity contribution in [2.75, 3.05) is 13.1 Å². The Morgan fingerprint density at radius 1 is 1.30 bits per heavy atom. The lowest BCUT2D eigenvalue weighted by Gasteiger charge is -2.35. The van der Waals surface area contributed by atoms with Crippen LogP contribution in [-0.2, 0) is 11.8 Å². The SMILES string of the molecule is Cn1ncc(-c2cnc(O[C@@H]3CCN(C(=O)OC(C)(C)C)C[C@@H]3F)c(C(N)=O)c2)n1. The molecular weight excluding hydrogens is 395 g/mol. The molecule has 1 fully saturated rings. The maximum absolute atomic E-state index is 14.7. The van der Waals surface area contributed by atoms with Gasteiger partial charge in [0.05, 0.1) is 12.7 Å². The molecule has 2 aromatic heterocycles. The molecule has 0 spiro atoms. The summed E-state index contributed by atoms with van der Waals surface area (Å²) in [5.41, 5.74) is 5.85. The van der Waals surface area contributed by atoms with Crippen LogP contribution in [0.15, 0.2) is 18.5 Å². The van der Waals surface area contributed by atoms with Crippen LogP contribution >= 0.6 is 0 Å². The van der Waals surface area contributed by atoms with Crippen molar-refractivity contribution in [3.8, 4) is 17.1 Å². The molecule has 0 aromatic carbocycles. The number of hydrogen-bond acceptors (Lipinski definition) is 7. The first-order valence-corrected chi connectivity index (χ1v) is 9.48. The zero-order chi connectivity index (χ0) is 22.1. The topological polar surface area (TPSA) is 125 Å². The number of alkyl halides is 1. The second-order valence-electron chi connectivity index (χ2n) is 8.05. The Balaban J connectivity index is 1.72. The number of aromatic nitrogens is 4. The molecule has 1 aliphatic rings. The molecule has 2 amide bonds. The molecule has 11 heteroatoms. The van der Waals surface area contributed by atoms with Crippen molar-refractivity contribution in [3.05, 3.63) is 24.0 Å². The molecule has 10 nitrogen and oxygen atoms in total. The van der Waals surface area contributed by atoms with E-state index in [4.69, 9.17) is 15.2 Å². The van der Waals surface area contributed by atoms with Gasteiger partial charge in [-0.1, -0.05) is 0 Å². The Morgan fingerprint density at radius 3 is 2.60 bits per heavy atom. The van der Waals surface area contributed by atoms with E-state index in [0.29, 0.717) is 11.3 Å². The second kappa shape index (κ2) is 8.25. The molecule has 162 valence electrons. The van der Waals surface area contributed by atoms with E-state index in [-0.39, 0.29) is 31.0 Å². The summed E-state index contributed by atoms with van der Waals surface area (Å²) in [6.45, 7) is 5.31. The number of carbonyl (C=O) groups excluding carboxylic acids is 2. The van der Waals surface area contributed by atoms with Gasteiger partial charge in [0.1, 0.15) is 23.0 Å². The average molecular weight is 420 g/mol. The van der Waals surface area contributed by atoms with Gasteiger partial charge in [0.2, 0.25) is 5.88 Å². The van der Waals surface area contributed by atoms with Gasteiger partial charge in [-0.05, 0) is 26.8 Å². The molecule has 1 saturated heterocycles. The van der Waals surface area contributed by atoms with Gasteiger partial charge < -0.3 is 20.1 Å². The highest BCUT2D eigenvalue weighted by Gasteiger charge is 2.35. The van der Waals surface area contributed by atoms with Gasteiger partial charge in [0, 0.05) is 31.8 Å². The highest BCUT2D eigenvalue weighted by molar-refractivity contribution is 5.96. The van der Waals surface area contributed by atoms with E-state index in [9.17, 15) is 14.0 Å². The zero-order valence-corrected chi connectivity index (χ0v) is 17.3. The van der Waals surface area contributed by atoms with Crippen molar-refractivity contribution in [3.63, 3.8) is 0 Å². The number of piperidine rings is 1. The van der Waals surface area contributed by atoms with E-state index < -0.39 is 29.9 Å². The maximum atomic E-state index is 14.7. The van der Waals surface area contributed by atoms with E-state index in [1.807, 2.05) is 0 Å². The summed E-state index contributed by atoms with van der Waals surface area (Å²) >= 11 is 0. The Hall–Kier alpha value is -3.24. The quantitative estimate of drug-likeness (QED) is 0.798. The summed E-state index contributed by atoms with van der Waals surface area (Å²) in [5, 5.41) is 8.13. The van der Waals surface area contributed by atoms with Gasteiger partial charge in [-0.2, -0.15) is 15.0 Å². The van der Waals surface area contributed by atoms with Crippen LogP contribution in [-0.4, -0.2) is 67.8 Å². The molecule has 1 aliphatic heterocycles. The van der Waals surface area contributed by atoms with Crippen molar-refractivity contribution < 1.29 is 23.5 Å². The van der Waals surface area contributed by atoms with Crippen LogP contribution in [0.1, 0.15) is 37.6 Å². The first-order valence-electron chi connectivity index (χ1n) is 9.48. The van der Waals surface area contributed by atoms with Crippen molar-refractivity contribution in [2.45, 2.75) is 45.1 Å². The molecule has 3 rings (SSSR count). The number of pyridine rings is 1. The van der Waals surface area contributed by atoms with Crippen LogP contribution in [0, 0.1) is 0 Å². The number of rotatable bonds is 4. The normalized spacial score (nSPS) is 19.4. The van der Waals surface area contributed by atoms with Crippen LogP contribution < -0.4 is 10.5 Å². The number of ether oxygens (including phenoxy) is 2. The fraction of sp³-hybridized carbons (Fsp3) is 0.526. The molecule has 2 atom stereocenters. The van der Waals surface area contributed by atoms with E-state index in [1.165, 1.54) is 28.2 Å². The molecule has 0 aliphatic carbocycles. The summed E-state index contributed by atoms with van der Waals surface area (Å²) in [7, 11) is 1.66. The molecule has 0 unspecified atom stereocenters. The van der Waals surface area contributed by atoms with Crippen LogP contribution in [0.5, 0.6) is 5.88 Å². The van der Waals surface area contributed by atoms with Gasteiger partial charge in [0.15, 0.2) is 6.17 Å². The largest absolute Gasteiger partial charge is 0.471 e. The Morgan fingerprint density at radius 2 is 2.03 bits per heavy atom. The molecule has 2 N–H and O–H groups in total. The van der Waals surface area contributed by atoms with E-state index in [2.05, 4.69) is 15.2 Å². The summed E-state index contributed by atoms with van der Waals surface area (Å²) in [6.07, 6.45) is 0.255. The van der Waals surface area contributed by atoms with Gasteiger partial charge in [0.25, 0.3) is 5.91 Å². The highest BCUT2D eigenvalue weighted by Crippen LogP contribution is 2.26. The molecule has 0 saturated carbocycles. The lowest BCUT2D eigenvalue weighted by Crippen LogP contribution is -2.50. The predicted octanol–water partition coefficient (Wildman–Crippen LogP) is 1.70. The number of amides is 2. The molecule has 3 heterocycles. The number of hydrogen-bond donors (Lipinski definition) is 1. The first-order chi connectivity index (χ1) is 14.0.